The minimum atomic E-state index is 1.21. The van der Waals surface area contributed by atoms with Gasteiger partial charge in [0.25, 0.3) is 5.82 Å². The summed E-state index contributed by atoms with van der Waals surface area (Å²) in [6.45, 7) is 11.1. The summed E-state index contributed by atoms with van der Waals surface area (Å²) in [5.74, 6) is 1.21. The van der Waals surface area contributed by atoms with Gasteiger partial charge >= 0.3 is 0 Å². The molecule has 0 bridgehead atoms. The molecule has 0 aliphatic rings. The highest BCUT2D eigenvalue weighted by Gasteiger charge is 2.23. The lowest BCUT2D eigenvalue weighted by atomic mass is 10.00. The second-order valence-corrected chi connectivity index (χ2v) is 7.30. The zero-order valence-corrected chi connectivity index (χ0v) is 15.9. The van der Waals surface area contributed by atoms with Gasteiger partial charge < -0.3 is 0 Å². The summed E-state index contributed by atoms with van der Waals surface area (Å²) in [6.07, 6.45) is 2.22. The normalized spacial score (nSPS) is 11.6. The number of hydrogen-bond donors (Lipinski definition) is 0. The van der Waals surface area contributed by atoms with Gasteiger partial charge in [0, 0.05) is 22.4 Å². The quantitative estimate of drug-likeness (QED) is 0.427. The third-order valence-corrected chi connectivity index (χ3v) is 5.73. The molecule has 126 valence electrons. The van der Waals surface area contributed by atoms with E-state index in [0.29, 0.717) is 0 Å². The highest BCUT2D eigenvalue weighted by Crippen LogP contribution is 2.35. The number of hydrogen-bond acceptors (Lipinski definition) is 0. The van der Waals surface area contributed by atoms with Crippen LogP contribution in [0.1, 0.15) is 27.8 Å². The molecule has 0 radical (unpaired) electrons. The molecule has 0 saturated heterocycles. The lowest BCUT2D eigenvalue weighted by Gasteiger charge is -2.10. The first-order chi connectivity index (χ1) is 11.9. The van der Waals surface area contributed by atoms with Gasteiger partial charge in [-0.05, 0) is 75.1 Å². The second-order valence-electron chi connectivity index (χ2n) is 7.30. The van der Waals surface area contributed by atoms with E-state index in [2.05, 4.69) is 93.4 Å². The Morgan fingerprint density at radius 3 is 2.24 bits per heavy atom. The Labute approximate surface area is 149 Å². The summed E-state index contributed by atoms with van der Waals surface area (Å²) >= 11 is 0. The van der Waals surface area contributed by atoms with Crippen molar-refractivity contribution in [2.45, 2.75) is 34.6 Å². The van der Waals surface area contributed by atoms with Crippen LogP contribution in [0.3, 0.4) is 0 Å². The van der Waals surface area contributed by atoms with Crippen LogP contribution in [0.25, 0.3) is 27.6 Å². The number of rotatable bonds is 1. The third kappa shape index (κ3) is 2.21. The van der Waals surface area contributed by atoms with Crippen molar-refractivity contribution >= 4 is 21.8 Å². The predicted octanol–water partition coefficient (Wildman–Crippen LogP) is 5.15. The first-order valence-electron chi connectivity index (χ1n) is 8.87. The lowest BCUT2D eigenvalue weighted by molar-refractivity contribution is -0.665. The molecule has 2 aromatic heterocycles. The van der Waals surface area contributed by atoms with Crippen LogP contribution in [0, 0.1) is 34.6 Å². The second kappa shape index (κ2) is 5.45. The van der Waals surface area contributed by atoms with Gasteiger partial charge in [-0.15, -0.1) is 0 Å². The Hall–Kier alpha value is -2.61. The zero-order chi connectivity index (χ0) is 17.9. The Bertz CT molecular complexity index is 1150. The number of fused-ring (bicyclic) bond motifs is 3. The van der Waals surface area contributed by atoms with Gasteiger partial charge in [0.05, 0.1) is 13.2 Å². The van der Waals surface area contributed by atoms with Crippen molar-refractivity contribution in [1.82, 2.24) is 4.57 Å². The van der Waals surface area contributed by atoms with E-state index < -0.39 is 0 Å². The molecule has 2 aromatic carbocycles. The minimum absolute atomic E-state index is 1.21. The van der Waals surface area contributed by atoms with Gasteiger partial charge in [-0.1, -0.05) is 12.1 Å². The largest absolute Gasteiger partial charge is 0.286 e. The molecule has 0 aliphatic heterocycles. The summed E-state index contributed by atoms with van der Waals surface area (Å²) in [5, 5.41) is 2.66. The van der Waals surface area contributed by atoms with Crippen molar-refractivity contribution < 1.29 is 4.57 Å². The molecule has 0 fully saturated rings. The number of para-hydroxylation sites is 1. The number of aromatic nitrogens is 2. The number of nitrogens with zero attached hydrogens (tertiary/aromatic N) is 2. The fourth-order valence-electron chi connectivity index (χ4n) is 3.91. The minimum Gasteiger partial charge on any atom is -0.236 e. The van der Waals surface area contributed by atoms with E-state index in [1.807, 2.05) is 0 Å². The van der Waals surface area contributed by atoms with Crippen LogP contribution in [0.2, 0.25) is 0 Å². The van der Waals surface area contributed by atoms with Crippen molar-refractivity contribution in [2.24, 2.45) is 7.05 Å². The van der Waals surface area contributed by atoms with Crippen LogP contribution < -0.4 is 4.57 Å². The van der Waals surface area contributed by atoms with Gasteiger partial charge in [-0.3, -0.25) is 0 Å². The van der Waals surface area contributed by atoms with Crippen molar-refractivity contribution in [1.29, 1.82) is 0 Å². The van der Waals surface area contributed by atoms with Crippen molar-refractivity contribution in [3.05, 3.63) is 70.4 Å². The highest BCUT2D eigenvalue weighted by molar-refractivity contribution is 6.10. The van der Waals surface area contributed by atoms with Crippen molar-refractivity contribution in [3.8, 4) is 5.82 Å². The Morgan fingerprint density at radius 2 is 1.48 bits per heavy atom. The smallest absolute Gasteiger partial charge is 0.236 e. The number of pyridine rings is 1. The molecule has 0 unspecified atom stereocenters. The van der Waals surface area contributed by atoms with Crippen molar-refractivity contribution in [3.63, 3.8) is 0 Å². The van der Waals surface area contributed by atoms with Crippen LogP contribution >= 0.6 is 0 Å². The summed E-state index contributed by atoms with van der Waals surface area (Å²) < 4.78 is 4.67. The third-order valence-electron chi connectivity index (χ3n) is 5.73. The number of benzene rings is 2. The standard InChI is InChI=1S/C23H25N2/c1-14-12-22(24(6)13-16(14)3)25-21-10-8-7-9-19(21)20-11-15(2)17(4)18(5)23(20)25/h7-13H,1-6H3/q+1. The molecule has 4 aromatic rings. The monoisotopic (exact) mass is 329 g/mol. The van der Waals surface area contributed by atoms with Gasteiger partial charge in [0.15, 0.2) is 0 Å². The van der Waals surface area contributed by atoms with Crippen LogP contribution in [0.5, 0.6) is 0 Å². The Balaban J connectivity index is 2.27. The van der Waals surface area contributed by atoms with Crippen LogP contribution in [-0.2, 0) is 7.05 Å². The van der Waals surface area contributed by atoms with Gasteiger partial charge in [-0.25, -0.2) is 4.57 Å². The van der Waals surface area contributed by atoms with E-state index in [1.54, 1.807) is 0 Å². The summed E-state index contributed by atoms with van der Waals surface area (Å²) in [6, 6.07) is 13.4. The van der Waals surface area contributed by atoms with Crippen LogP contribution in [0.15, 0.2) is 42.6 Å². The van der Waals surface area contributed by atoms with E-state index in [9.17, 15) is 0 Å². The molecule has 2 heterocycles. The van der Waals surface area contributed by atoms with Gasteiger partial charge in [0.1, 0.15) is 11.0 Å². The highest BCUT2D eigenvalue weighted by atomic mass is 15.1. The fourth-order valence-corrected chi connectivity index (χ4v) is 3.91. The molecule has 25 heavy (non-hydrogen) atoms. The zero-order valence-electron chi connectivity index (χ0n) is 15.9. The van der Waals surface area contributed by atoms with E-state index in [4.69, 9.17) is 0 Å². The van der Waals surface area contributed by atoms with Crippen LogP contribution in [-0.4, -0.2) is 4.57 Å². The maximum Gasteiger partial charge on any atom is 0.286 e. The topological polar surface area (TPSA) is 8.81 Å². The van der Waals surface area contributed by atoms with Crippen LogP contribution in [0.4, 0.5) is 0 Å². The van der Waals surface area contributed by atoms with E-state index in [-0.39, 0.29) is 0 Å². The van der Waals surface area contributed by atoms with Crippen molar-refractivity contribution in [2.75, 3.05) is 0 Å². The summed E-state index contributed by atoms with van der Waals surface area (Å²) in [4.78, 5) is 0. The average molecular weight is 329 g/mol. The molecule has 0 aliphatic carbocycles. The predicted molar refractivity (Wildman–Crippen MR) is 106 cm³/mol. The van der Waals surface area contributed by atoms with Gasteiger partial charge in [-0.2, -0.15) is 4.57 Å². The lowest BCUT2D eigenvalue weighted by Crippen LogP contribution is -2.34. The summed E-state index contributed by atoms with van der Waals surface area (Å²) in [5.41, 5.74) is 9.33. The molecular formula is C23H25N2+. The Morgan fingerprint density at radius 1 is 0.760 bits per heavy atom. The molecule has 2 heteroatoms. The molecule has 0 amide bonds. The molecule has 2 nitrogen and oxygen atoms in total. The number of aryl methyl sites for hydroxylation is 5. The van der Waals surface area contributed by atoms with E-state index in [0.717, 1.165) is 0 Å². The molecule has 0 spiro atoms. The average Bonchev–Trinajstić information content (AvgIpc) is 2.91. The van der Waals surface area contributed by atoms with E-state index >= 15 is 0 Å². The maximum atomic E-state index is 2.43. The fraction of sp³-hybridized carbons (Fsp3) is 0.261. The molecule has 0 atom stereocenters. The van der Waals surface area contributed by atoms with Gasteiger partial charge in [0.2, 0.25) is 0 Å². The maximum absolute atomic E-state index is 2.43. The first-order valence-corrected chi connectivity index (χ1v) is 8.87. The molecule has 0 N–H and O–H groups in total. The SMILES string of the molecule is Cc1cc(-n2c3ccccc3c3cc(C)c(C)c(C)c32)[n+](C)cc1C. The molecule has 4 rings (SSSR count). The Kier molecular flexibility index (Phi) is 3.47. The first kappa shape index (κ1) is 15.9. The molecular weight excluding hydrogens is 304 g/mol. The molecule has 0 saturated carbocycles. The van der Waals surface area contributed by atoms with E-state index in [1.165, 1.54) is 55.4 Å². The summed E-state index contributed by atoms with van der Waals surface area (Å²) in [7, 11) is 2.14.